The molecule has 1 saturated carbocycles. The summed E-state index contributed by atoms with van der Waals surface area (Å²) in [6.07, 6.45) is 2.75. The van der Waals surface area contributed by atoms with Gasteiger partial charge in [-0.15, -0.1) is 0 Å². The molecule has 1 aromatic carbocycles. The van der Waals surface area contributed by atoms with Gasteiger partial charge in [0.15, 0.2) is 0 Å². The van der Waals surface area contributed by atoms with Crippen molar-refractivity contribution in [1.29, 1.82) is 5.26 Å². The molecule has 0 aromatic heterocycles. The van der Waals surface area contributed by atoms with E-state index in [4.69, 9.17) is 16.9 Å². The summed E-state index contributed by atoms with van der Waals surface area (Å²) in [5, 5.41) is 22.7. The van der Waals surface area contributed by atoms with Gasteiger partial charge >= 0.3 is 0 Å². The van der Waals surface area contributed by atoms with Crippen molar-refractivity contribution < 1.29 is 5.11 Å². The van der Waals surface area contributed by atoms with Crippen molar-refractivity contribution in [3.05, 3.63) is 28.8 Å². The first-order valence-corrected chi connectivity index (χ1v) is 6.09. The van der Waals surface area contributed by atoms with E-state index >= 15 is 0 Å². The summed E-state index contributed by atoms with van der Waals surface area (Å²) in [6.45, 7) is 1.84. The van der Waals surface area contributed by atoms with E-state index in [0.717, 1.165) is 24.9 Å². The summed E-state index contributed by atoms with van der Waals surface area (Å²) in [4.78, 5) is 0. The van der Waals surface area contributed by atoms with Gasteiger partial charge < -0.3 is 10.4 Å². The number of benzene rings is 1. The summed E-state index contributed by atoms with van der Waals surface area (Å²) >= 11 is 6.08. The van der Waals surface area contributed by atoms with E-state index in [0.29, 0.717) is 10.6 Å². The average molecular weight is 251 g/mol. The van der Waals surface area contributed by atoms with Gasteiger partial charge in [0.1, 0.15) is 0 Å². The Balaban J connectivity index is 2.17. The molecule has 4 heteroatoms. The van der Waals surface area contributed by atoms with E-state index in [1.807, 2.05) is 13.0 Å². The molecule has 0 spiro atoms. The molecule has 0 amide bonds. The Bertz CT molecular complexity index is 465. The summed E-state index contributed by atoms with van der Waals surface area (Å²) in [5.74, 6) is 0. The number of anilines is 1. The van der Waals surface area contributed by atoms with Crippen LogP contribution in [0.4, 0.5) is 5.69 Å². The second-order valence-electron chi connectivity index (χ2n) is 4.75. The quantitative estimate of drug-likeness (QED) is 0.849. The summed E-state index contributed by atoms with van der Waals surface area (Å²) in [6, 6.07) is 7.20. The largest absolute Gasteiger partial charge is 0.388 e. The molecule has 2 N–H and O–H groups in total. The molecule has 1 fully saturated rings. The van der Waals surface area contributed by atoms with E-state index < -0.39 is 5.60 Å². The van der Waals surface area contributed by atoms with Crippen molar-refractivity contribution >= 4 is 17.3 Å². The van der Waals surface area contributed by atoms with Gasteiger partial charge in [-0.1, -0.05) is 11.6 Å². The third kappa shape index (κ3) is 2.54. The molecule has 2 atom stereocenters. The van der Waals surface area contributed by atoms with Gasteiger partial charge in [0.2, 0.25) is 0 Å². The lowest BCUT2D eigenvalue weighted by molar-refractivity contribution is 0.0578. The molecule has 1 aliphatic rings. The Labute approximate surface area is 106 Å². The number of aliphatic hydroxyl groups is 1. The molecule has 3 nitrogen and oxygen atoms in total. The number of hydrogen-bond acceptors (Lipinski definition) is 3. The average Bonchev–Trinajstić information content (AvgIpc) is 2.61. The Morgan fingerprint density at radius 2 is 2.35 bits per heavy atom. The van der Waals surface area contributed by atoms with E-state index in [-0.39, 0.29) is 6.04 Å². The molecule has 2 unspecified atom stereocenters. The molecule has 0 heterocycles. The number of nitrogens with one attached hydrogen (secondary N) is 1. The van der Waals surface area contributed by atoms with E-state index in [9.17, 15) is 5.11 Å². The zero-order valence-electron chi connectivity index (χ0n) is 9.70. The van der Waals surface area contributed by atoms with Crippen molar-refractivity contribution in [3.63, 3.8) is 0 Å². The van der Waals surface area contributed by atoms with Crippen LogP contribution in [0.3, 0.4) is 0 Å². The minimum atomic E-state index is -0.683. The lowest BCUT2D eigenvalue weighted by Gasteiger charge is -2.27. The third-order valence-electron chi connectivity index (χ3n) is 3.35. The minimum Gasteiger partial charge on any atom is -0.388 e. The van der Waals surface area contributed by atoms with Crippen LogP contribution in [0.25, 0.3) is 0 Å². The third-order valence-corrected chi connectivity index (χ3v) is 3.67. The fourth-order valence-electron chi connectivity index (χ4n) is 2.27. The number of halogens is 1. The van der Waals surface area contributed by atoms with Gasteiger partial charge in [0.05, 0.1) is 34.0 Å². The highest BCUT2D eigenvalue weighted by Gasteiger charge is 2.36. The first-order chi connectivity index (χ1) is 8.03. The smallest absolute Gasteiger partial charge is 0.0992 e. The minimum absolute atomic E-state index is 0.0212. The van der Waals surface area contributed by atoms with Gasteiger partial charge in [-0.05, 0) is 44.4 Å². The number of nitriles is 1. The van der Waals surface area contributed by atoms with Crippen LogP contribution < -0.4 is 5.32 Å². The normalized spacial score (nSPS) is 27.8. The maximum Gasteiger partial charge on any atom is 0.0992 e. The first kappa shape index (κ1) is 12.2. The predicted octanol–water partition coefficient (Wildman–Crippen LogP) is 2.93. The lowest BCUT2D eigenvalue weighted by Crippen LogP contribution is -2.39. The number of rotatable bonds is 2. The standard InChI is InChI=1S/C13H15ClN2O/c1-13(17)6-2-3-12(13)16-11-5-4-9(8-15)7-10(11)14/h4-5,7,12,16-17H,2-3,6H2,1H3. The lowest BCUT2D eigenvalue weighted by atomic mass is 10.0. The topological polar surface area (TPSA) is 56.0 Å². The van der Waals surface area contributed by atoms with E-state index in [2.05, 4.69) is 5.32 Å². The van der Waals surface area contributed by atoms with Crippen LogP contribution in [0, 0.1) is 11.3 Å². The summed E-state index contributed by atoms with van der Waals surface area (Å²) < 4.78 is 0. The highest BCUT2D eigenvalue weighted by molar-refractivity contribution is 6.33. The fraction of sp³-hybridized carbons (Fsp3) is 0.462. The zero-order chi connectivity index (χ0) is 12.5. The zero-order valence-corrected chi connectivity index (χ0v) is 10.5. The maximum absolute atomic E-state index is 10.1. The summed E-state index contributed by atoms with van der Waals surface area (Å²) in [5.41, 5.74) is 0.633. The van der Waals surface area contributed by atoms with Crippen molar-refractivity contribution in [2.45, 2.75) is 37.8 Å². The maximum atomic E-state index is 10.1. The molecule has 17 heavy (non-hydrogen) atoms. The van der Waals surface area contributed by atoms with Crippen LogP contribution in [-0.2, 0) is 0 Å². The Kier molecular flexibility index (Phi) is 3.28. The molecule has 1 aliphatic carbocycles. The number of nitrogens with zero attached hydrogens (tertiary/aromatic N) is 1. The molecule has 90 valence electrons. The second kappa shape index (κ2) is 4.56. The van der Waals surface area contributed by atoms with Gasteiger partial charge in [0.25, 0.3) is 0 Å². The molecule has 2 rings (SSSR count). The predicted molar refractivity (Wildman–Crippen MR) is 68.1 cm³/mol. The van der Waals surface area contributed by atoms with Gasteiger partial charge in [-0.25, -0.2) is 0 Å². The molecule has 0 saturated heterocycles. The molecule has 1 aromatic rings. The Morgan fingerprint density at radius 1 is 1.59 bits per heavy atom. The van der Waals surface area contributed by atoms with Crippen LogP contribution in [0.2, 0.25) is 5.02 Å². The van der Waals surface area contributed by atoms with E-state index in [1.54, 1.807) is 18.2 Å². The van der Waals surface area contributed by atoms with Gasteiger partial charge in [-0.3, -0.25) is 0 Å². The van der Waals surface area contributed by atoms with Crippen molar-refractivity contribution in [2.24, 2.45) is 0 Å². The van der Waals surface area contributed by atoms with Crippen molar-refractivity contribution in [3.8, 4) is 6.07 Å². The van der Waals surface area contributed by atoms with Crippen LogP contribution in [0.5, 0.6) is 0 Å². The van der Waals surface area contributed by atoms with Gasteiger partial charge in [-0.2, -0.15) is 5.26 Å². The molecule has 0 radical (unpaired) electrons. The van der Waals surface area contributed by atoms with Crippen LogP contribution in [-0.4, -0.2) is 16.7 Å². The Hall–Kier alpha value is -1.24. The summed E-state index contributed by atoms with van der Waals surface area (Å²) in [7, 11) is 0. The van der Waals surface area contributed by atoms with E-state index in [1.165, 1.54) is 0 Å². The first-order valence-electron chi connectivity index (χ1n) is 5.71. The van der Waals surface area contributed by atoms with Gasteiger partial charge in [0, 0.05) is 0 Å². The molecule has 0 aliphatic heterocycles. The highest BCUT2D eigenvalue weighted by atomic mass is 35.5. The van der Waals surface area contributed by atoms with Crippen LogP contribution in [0.1, 0.15) is 31.7 Å². The SMILES string of the molecule is CC1(O)CCCC1Nc1ccc(C#N)cc1Cl. The monoisotopic (exact) mass is 250 g/mol. The molecular formula is C13H15ClN2O. The second-order valence-corrected chi connectivity index (χ2v) is 5.16. The highest BCUT2D eigenvalue weighted by Crippen LogP contribution is 2.33. The molecule has 0 bridgehead atoms. The fourth-order valence-corrected chi connectivity index (χ4v) is 2.50. The van der Waals surface area contributed by atoms with Crippen molar-refractivity contribution in [1.82, 2.24) is 0 Å². The number of hydrogen-bond donors (Lipinski definition) is 2. The van der Waals surface area contributed by atoms with Crippen LogP contribution in [0.15, 0.2) is 18.2 Å². The van der Waals surface area contributed by atoms with Crippen LogP contribution >= 0.6 is 11.6 Å². The Morgan fingerprint density at radius 3 is 2.88 bits per heavy atom. The van der Waals surface area contributed by atoms with Crippen molar-refractivity contribution in [2.75, 3.05) is 5.32 Å². The molecular weight excluding hydrogens is 236 g/mol.